The average molecular weight is 448 g/mol. The molecule has 0 saturated carbocycles. The SMILES string of the molecule is CCN(Cc1ccc(OCc2cccs2)c(OC)c1)C(=O)Cn1nc(C)c(Cl)c1C. The van der Waals surface area contributed by atoms with Crippen molar-refractivity contribution in [2.75, 3.05) is 13.7 Å². The largest absolute Gasteiger partial charge is 0.493 e. The summed E-state index contributed by atoms with van der Waals surface area (Å²) in [4.78, 5) is 15.8. The van der Waals surface area contributed by atoms with E-state index in [1.54, 1.807) is 28.0 Å². The van der Waals surface area contributed by atoms with E-state index in [0.29, 0.717) is 36.2 Å². The highest BCUT2D eigenvalue weighted by Gasteiger charge is 2.17. The molecule has 0 fully saturated rings. The molecule has 3 rings (SSSR count). The van der Waals surface area contributed by atoms with Gasteiger partial charge in [0.1, 0.15) is 13.2 Å². The molecular formula is C22H26ClN3O3S. The minimum Gasteiger partial charge on any atom is -0.493 e. The second-order valence-corrected chi connectivity index (χ2v) is 8.31. The average Bonchev–Trinajstić information content (AvgIpc) is 3.35. The van der Waals surface area contributed by atoms with Crippen LogP contribution in [-0.2, 0) is 24.5 Å². The fraction of sp³-hybridized carbons (Fsp3) is 0.364. The summed E-state index contributed by atoms with van der Waals surface area (Å²) >= 11 is 7.85. The molecule has 0 unspecified atom stereocenters. The van der Waals surface area contributed by atoms with Crippen molar-refractivity contribution in [1.82, 2.24) is 14.7 Å². The molecule has 0 N–H and O–H groups in total. The Labute approximate surface area is 186 Å². The normalized spacial score (nSPS) is 10.8. The van der Waals surface area contributed by atoms with Crippen LogP contribution in [0.5, 0.6) is 11.5 Å². The first-order valence-electron chi connectivity index (χ1n) is 9.72. The van der Waals surface area contributed by atoms with Gasteiger partial charge in [0.05, 0.1) is 23.5 Å². The van der Waals surface area contributed by atoms with Crippen LogP contribution < -0.4 is 9.47 Å². The van der Waals surface area contributed by atoms with Crippen molar-refractivity contribution in [2.24, 2.45) is 0 Å². The molecule has 3 aromatic rings. The number of carbonyl (C=O) groups is 1. The lowest BCUT2D eigenvalue weighted by Crippen LogP contribution is -2.33. The Morgan fingerprint density at radius 3 is 2.67 bits per heavy atom. The number of methoxy groups -OCH3 is 1. The molecule has 0 radical (unpaired) electrons. The van der Waals surface area contributed by atoms with Crippen LogP contribution in [-0.4, -0.2) is 34.2 Å². The summed E-state index contributed by atoms with van der Waals surface area (Å²) in [5, 5.41) is 6.98. The Balaban J connectivity index is 1.68. The van der Waals surface area contributed by atoms with E-state index in [1.165, 1.54) is 0 Å². The van der Waals surface area contributed by atoms with Crippen LogP contribution >= 0.6 is 22.9 Å². The number of halogens is 1. The van der Waals surface area contributed by atoms with Crippen molar-refractivity contribution < 1.29 is 14.3 Å². The number of thiophene rings is 1. The van der Waals surface area contributed by atoms with Crippen molar-refractivity contribution in [3.8, 4) is 11.5 Å². The van der Waals surface area contributed by atoms with E-state index in [-0.39, 0.29) is 12.5 Å². The molecule has 0 aliphatic heterocycles. The van der Waals surface area contributed by atoms with Gasteiger partial charge in [-0.1, -0.05) is 23.7 Å². The predicted molar refractivity (Wildman–Crippen MR) is 119 cm³/mol. The molecule has 0 saturated heterocycles. The van der Waals surface area contributed by atoms with Gasteiger partial charge in [-0.3, -0.25) is 9.48 Å². The second kappa shape index (κ2) is 10.00. The number of ether oxygens (including phenoxy) is 2. The zero-order chi connectivity index (χ0) is 21.7. The maximum Gasteiger partial charge on any atom is 0.244 e. The molecular weight excluding hydrogens is 422 g/mol. The number of hydrogen-bond donors (Lipinski definition) is 0. The van der Waals surface area contributed by atoms with Crippen molar-refractivity contribution in [2.45, 2.75) is 40.5 Å². The molecule has 1 aromatic carbocycles. The molecule has 0 aliphatic carbocycles. The van der Waals surface area contributed by atoms with Gasteiger partial charge in [0.15, 0.2) is 11.5 Å². The van der Waals surface area contributed by atoms with Crippen molar-refractivity contribution in [3.05, 3.63) is 62.6 Å². The summed E-state index contributed by atoms with van der Waals surface area (Å²) in [6, 6.07) is 9.80. The first kappa shape index (κ1) is 22.2. The summed E-state index contributed by atoms with van der Waals surface area (Å²) in [6.45, 7) is 7.38. The van der Waals surface area contributed by atoms with Gasteiger partial charge in [0, 0.05) is 18.0 Å². The highest BCUT2D eigenvalue weighted by Crippen LogP contribution is 2.30. The summed E-state index contributed by atoms with van der Waals surface area (Å²) in [5.41, 5.74) is 2.50. The van der Waals surface area contributed by atoms with Gasteiger partial charge in [-0.15, -0.1) is 11.3 Å². The van der Waals surface area contributed by atoms with Crippen LogP contribution in [0.1, 0.15) is 28.8 Å². The van der Waals surface area contributed by atoms with Gasteiger partial charge in [-0.05, 0) is 49.9 Å². The summed E-state index contributed by atoms with van der Waals surface area (Å²) in [7, 11) is 1.62. The third-order valence-corrected chi connectivity index (χ3v) is 6.26. The Kier molecular flexibility index (Phi) is 7.39. The van der Waals surface area contributed by atoms with Crippen molar-refractivity contribution in [1.29, 1.82) is 0 Å². The molecule has 0 atom stereocenters. The summed E-state index contributed by atoms with van der Waals surface area (Å²) in [5.74, 6) is 1.32. The third kappa shape index (κ3) is 5.15. The Morgan fingerprint density at radius 2 is 2.07 bits per heavy atom. The molecule has 1 amide bonds. The zero-order valence-corrected chi connectivity index (χ0v) is 19.2. The van der Waals surface area contributed by atoms with Crippen molar-refractivity contribution >= 4 is 28.8 Å². The van der Waals surface area contributed by atoms with Crippen molar-refractivity contribution in [3.63, 3.8) is 0 Å². The zero-order valence-electron chi connectivity index (χ0n) is 17.6. The highest BCUT2D eigenvalue weighted by atomic mass is 35.5. The van der Waals surface area contributed by atoms with Gasteiger partial charge in [0.25, 0.3) is 0 Å². The Bertz CT molecular complexity index is 1000. The van der Waals surface area contributed by atoms with E-state index < -0.39 is 0 Å². The number of likely N-dealkylation sites (N-methyl/N-ethyl adjacent to an activating group) is 1. The number of rotatable bonds is 9. The predicted octanol–water partition coefficient (Wildman–Crippen LogP) is 4.85. The first-order chi connectivity index (χ1) is 14.4. The molecule has 0 aliphatic rings. The molecule has 0 spiro atoms. The lowest BCUT2D eigenvalue weighted by atomic mass is 10.2. The maximum atomic E-state index is 12.8. The van der Waals surface area contributed by atoms with Gasteiger partial charge in [-0.25, -0.2) is 0 Å². The van der Waals surface area contributed by atoms with Crippen LogP contribution in [0.3, 0.4) is 0 Å². The summed E-state index contributed by atoms with van der Waals surface area (Å²) in [6.07, 6.45) is 0. The molecule has 2 aromatic heterocycles. The standard InChI is InChI=1S/C22H26ClN3O3S/c1-5-25(21(27)13-26-16(3)22(23)15(2)24-26)12-17-8-9-19(20(11-17)28-4)29-14-18-7-6-10-30-18/h6-11H,5,12-14H2,1-4H3. The number of nitrogens with zero attached hydrogens (tertiary/aromatic N) is 3. The van der Waals surface area contributed by atoms with Gasteiger partial charge in [0.2, 0.25) is 5.91 Å². The molecule has 2 heterocycles. The number of carbonyl (C=O) groups excluding carboxylic acids is 1. The molecule has 30 heavy (non-hydrogen) atoms. The van der Waals surface area contributed by atoms with Gasteiger partial charge < -0.3 is 14.4 Å². The van der Waals surface area contributed by atoms with Crippen LogP contribution in [0, 0.1) is 13.8 Å². The molecule has 160 valence electrons. The van der Waals surface area contributed by atoms with E-state index >= 15 is 0 Å². The smallest absolute Gasteiger partial charge is 0.244 e. The van der Waals surface area contributed by atoms with Crippen LogP contribution in [0.2, 0.25) is 5.02 Å². The van der Waals surface area contributed by atoms with E-state index in [1.807, 2.05) is 56.5 Å². The monoisotopic (exact) mass is 447 g/mol. The molecule has 8 heteroatoms. The Hall–Kier alpha value is -2.51. The van der Waals surface area contributed by atoms with E-state index in [2.05, 4.69) is 5.10 Å². The van der Waals surface area contributed by atoms with Gasteiger partial charge in [-0.2, -0.15) is 5.10 Å². The number of hydrogen-bond acceptors (Lipinski definition) is 5. The summed E-state index contributed by atoms with van der Waals surface area (Å²) < 4.78 is 13.1. The van der Waals surface area contributed by atoms with E-state index in [0.717, 1.165) is 21.8 Å². The quantitative estimate of drug-likeness (QED) is 0.470. The number of amides is 1. The van der Waals surface area contributed by atoms with Crippen LogP contribution in [0.15, 0.2) is 35.7 Å². The lowest BCUT2D eigenvalue weighted by molar-refractivity contribution is -0.132. The topological polar surface area (TPSA) is 56.6 Å². The fourth-order valence-corrected chi connectivity index (χ4v) is 3.88. The minimum absolute atomic E-state index is 0.0169. The van der Waals surface area contributed by atoms with Gasteiger partial charge >= 0.3 is 0 Å². The lowest BCUT2D eigenvalue weighted by Gasteiger charge is -2.22. The maximum absolute atomic E-state index is 12.8. The van der Waals surface area contributed by atoms with E-state index in [4.69, 9.17) is 21.1 Å². The first-order valence-corrected chi connectivity index (χ1v) is 11.0. The second-order valence-electron chi connectivity index (χ2n) is 6.90. The van der Waals surface area contributed by atoms with Crippen LogP contribution in [0.25, 0.3) is 0 Å². The van der Waals surface area contributed by atoms with Crippen LogP contribution in [0.4, 0.5) is 0 Å². The molecule has 6 nitrogen and oxygen atoms in total. The molecule has 0 bridgehead atoms. The number of aryl methyl sites for hydroxylation is 1. The highest BCUT2D eigenvalue weighted by molar-refractivity contribution is 7.09. The minimum atomic E-state index is -0.0169. The number of aromatic nitrogens is 2. The third-order valence-electron chi connectivity index (χ3n) is 4.86. The van der Waals surface area contributed by atoms with E-state index in [9.17, 15) is 4.79 Å². The Morgan fingerprint density at radius 1 is 1.27 bits per heavy atom. The fourth-order valence-electron chi connectivity index (χ4n) is 3.13. The number of benzene rings is 1.